The third-order valence-corrected chi connectivity index (χ3v) is 4.64. The van der Waals surface area contributed by atoms with Crippen LogP contribution in [0.5, 0.6) is 5.75 Å². The maximum atomic E-state index is 13.1. The molecular weight excluding hydrogens is 330 g/mol. The number of hydrogen-bond donors (Lipinski definition) is 1. The molecule has 1 aliphatic rings. The van der Waals surface area contributed by atoms with Crippen LogP contribution in [0.1, 0.15) is 29.4 Å². The third-order valence-electron chi connectivity index (χ3n) is 4.64. The van der Waals surface area contributed by atoms with Crippen LogP contribution in [0.4, 0.5) is 0 Å². The number of nitrogens with one attached hydrogen (secondary N) is 1. The smallest absolute Gasteiger partial charge is 0.254 e. The van der Waals surface area contributed by atoms with Gasteiger partial charge in [0.25, 0.3) is 5.91 Å². The van der Waals surface area contributed by atoms with Gasteiger partial charge in [-0.2, -0.15) is 0 Å². The zero-order valence-corrected chi connectivity index (χ0v) is 15.3. The average Bonchev–Trinajstić information content (AvgIpc) is 3.00. The van der Waals surface area contributed by atoms with Crippen molar-refractivity contribution in [2.75, 3.05) is 20.2 Å². The van der Waals surface area contributed by atoms with Gasteiger partial charge in [-0.3, -0.25) is 9.59 Å². The predicted molar refractivity (Wildman–Crippen MR) is 99.0 cm³/mol. The van der Waals surface area contributed by atoms with Gasteiger partial charge in [0.2, 0.25) is 5.91 Å². The fourth-order valence-corrected chi connectivity index (χ4v) is 3.40. The standard InChI is InChI=1S/C20H25N3O3/c1-3-26-18-8-4-6-16(11-18)20(25)23-13-15(10-19(24)21-2)12-22-9-5-7-17(22)14-23/h4-9,11,15H,3,10,12-14H2,1-2H3,(H,21,24). The van der Waals surface area contributed by atoms with Crippen molar-refractivity contribution < 1.29 is 14.3 Å². The van der Waals surface area contributed by atoms with Crippen LogP contribution in [0.2, 0.25) is 0 Å². The van der Waals surface area contributed by atoms with Crippen molar-refractivity contribution in [3.8, 4) is 5.75 Å². The number of aromatic nitrogens is 1. The molecule has 0 saturated heterocycles. The van der Waals surface area contributed by atoms with Crippen molar-refractivity contribution in [2.45, 2.75) is 26.4 Å². The summed E-state index contributed by atoms with van der Waals surface area (Å²) in [6, 6.07) is 11.3. The highest BCUT2D eigenvalue weighted by molar-refractivity contribution is 5.94. The first-order chi connectivity index (χ1) is 12.6. The Hall–Kier alpha value is -2.76. The fraction of sp³-hybridized carbons (Fsp3) is 0.400. The number of carbonyl (C=O) groups excluding carboxylic acids is 2. The highest BCUT2D eigenvalue weighted by Gasteiger charge is 2.27. The lowest BCUT2D eigenvalue weighted by molar-refractivity contribution is -0.121. The molecule has 1 unspecified atom stereocenters. The van der Waals surface area contributed by atoms with Gasteiger partial charge in [0.1, 0.15) is 5.75 Å². The number of amides is 2. The number of ether oxygens (including phenoxy) is 1. The van der Waals surface area contributed by atoms with Gasteiger partial charge in [-0.05, 0) is 37.3 Å². The molecule has 6 nitrogen and oxygen atoms in total. The van der Waals surface area contributed by atoms with Gasteiger partial charge in [-0.15, -0.1) is 0 Å². The van der Waals surface area contributed by atoms with Gasteiger partial charge < -0.3 is 19.5 Å². The summed E-state index contributed by atoms with van der Waals surface area (Å²) < 4.78 is 7.65. The predicted octanol–water partition coefficient (Wildman–Crippen LogP) is 2.30. The van der Waals surface area contributed by atoms with Gasteiger partial charge in [0, 0.05) is 49.9 Å². The van der Waals surface area contributed by atoms with E-state index in [-0.39, 0.29) is 17.7 Å². The van der Waals surface area contributed by atoms with Crippen molar-refractivity contribution in [2.24, 2.45) is 5.92 Å². The maximum Gasteiger partial charge on any atom is 0.254 e. The van der Waals surface area contributed by atoms with Crippen LogP contribution < -0.4 is 10.1 Å². The van der Waals surface area contributed by atoms with E-state index in [1.807, 2.05) is 48.4 Å². The molecule has 3 rings (SSSR count). The third kappa shape index (κ3) is 4.07. The molecule has 1 atom stereocenters. The van der Waals surface area contributed by atoms with Crippen LogP contribution in [0.3, 0.4) is 0 Å². The first-order valence-electron chi connectivity index (χ1n) is 8.97. The minimum Gasteiger partial charge on any atom is -0.494 e. The summed E-state index contributed by atoms with van der Waals surface area (Å²) in [6.07, 6.45) is 2.41. The summed E-state index contributed by atoms with van der Waals surface area (Å²) >= 11 is 0. The maximum absolute atomic E-state index is 13.1. The first kappa shape index (κ1) is 18.0. The van der Waals surface area contributed by atoms with E-state index in [4.69, 9.17) is 4.74 Å². The molecule has 1 N–H and O–H groups in total. The number of hydrogen-bond acceptors (Lipinski definition) is 3. The summed E-state index contributed by atoms with van der Waals surface area (Å²) in [7, 11) is 1.64. The normalized spacial score (nSPS) is 16.5. The Morgan fingerprint density at radius 2 is 2.08 bits per heavy atom. The molecule has 6 heteroatoms. The van der Waals surface area contributed by atoms with Crippen molar-refractivity contribution in [1.82, 2.24) is 14.8 Å². The minimum absolute atomic E-state index is 0.00338. The minimum atomic E-state index is -0.0388. The number of fused-ring (bicyclic) bond motifs is 1. The Kier molecular flexibility index (Phi) is 5.61. The summed E-state index contributed by atoms with van der Waals surface area (Å²) in [6.45, 7) is 4.30. The fourth-order valence-electron chi connectivity index (χ4n) is 3.40. The van der Waals surface area contributed by atoms with E-state index >= 15 is 0 Å². The van der Waals surface area contributed by atoms with E-state index < -0.39 is 0 Å². The van der Waals surface area contributed by atoms with Crippen LogP contribution in [0.25, 0.3) is 0 Å². The molecule has 2 heterocycles. The number of nitrogens with zero attached hydrogens (tertiary/aromatic N) is 2. The van der Waals surface area contributed by atoms with Crippen molar-refractivity contribution >= 4 is 11.8 Å². The second kappa shape index (κ2) is 8.08. The highest BCUT2D eigenvalue weighted by Crippen LogP contribution is 2.22. The van der Waals surface area contributed by atoms with Gasteiger partial charge in [0.05, 0.1) is 13.2 Å². The Bertz CT molecular complexity index is 784. The molecule has 1 aliphatic heterocycles. The Labute approximate surface area is 153 Å². The lowest BCUT2D eigenvalue weighted by Gasteiger charge is -2.24. The van der Waals surface area contributed by atoms with Gasteiger partial charge in [0.15, 0.2) is 0 Å². The molecule has 0 spiro atoms. The largest absolute Gasteiger partial charge is 0.494 e. The molecule has 138 valence electrons. The van der Waals surface area contributed by atoms with E-state index in [0.29, 0.717) is 37.4 Å². The van der Waals surface area contributed by atoms with Crippen LogP contribution in [0, 0.1) is 5.92 Å². The van der Waals surface area contributed by atoms with E-state index in [0.717, 1.165) is 12.2 Å². The number of rotatable bonds is 5. The topological polar surface area (TPSA) is 63.6 Å². The number of benzene rings is 1. The molecule has 2 amide bonds. The van der Waals surface area contributed by atoms with Crippen molar-refractivity contribution in [3.63, 3.8) is 0 Å². The average molecular weight is 355 g/mol. The molecule has 26 heavy (non-hydrogen) atoms. The van der Waals surface area contributed by atoms with Crippen LogP contribution in [-0.4, -0.2) is 41.5 Å². The molecule has 1 aromatic heterocycles. The van der Waals surface area contributed by atoms with Crippen LogP contribution in [-0.2, 0) is 17.9 Å². The summed E-state index contributed by atoms with van der Waals surface area (Å²) in [4.78, 5) is 26.8. The quantitative estimate of drug-likeness (QED) is 0.895. The zero-order chi connectivity index (χ0) is 18.5. The second-order valence-corrected chi connectivity index (χ2v) is 6.54. The second-order valence-electron chi connectivity index (χ2n) is 6.54. The Morgan fingerprint density at radius 3 is 2.85 bits per heavy atom. The summed E-state index contributed by atoms with van der Waals surface area (Å²) in [5, 5.41) is 2.68. The van der Waals surface area contributed by atoms with Crippen molar-refractivity contribution in [3.05, 3.63) is 53.9 Å². The van der Waals surface area contributed by atoms with Crippen LogP contribution in [0.15, 0.2) is 42.6 Å². The van der Waals surface area contributed by atoms with Gasteiger partial charge >= 0.3 is 0 Å². The molecule has 0 saturated carbocycles. The molecule has 0 bridgehead atoms. The highest BCUT2D eigenvalue weighted by atomic mass is 16.5. The van der Waals surface area contributed by atoms with E-state index in [2.05, 4.69) is 9.88 Å². The van der Waals surface area contributed by atoms with Gasteiger partial charge in [-0.1, -0.05) is 6.07 Å². The summed E-state index contributed by atoms with van der Waals surface area (Å²) in [5.74, 6) is 0.723. The molecule has 0 aliphatic carbocycles. The molecule has 2 aromatic rings. The molecule has 0 radical (unpaired) electrons. The Balaban J connectivity index is 1.84. The summed E-state index contributed by atoms with van der Waals surface area (Å²) in [5.41, 5.74) is 1.69. The zero-order valence-electron chi connectivity index (χ0n) is 15.3. The lowest BCUT2D eigenvalue weighted by atomic mass is 10.0. The SMILES string of the molecule is CCOc1cccc(C(=O)N2Cc3cccn3CC(CC(=O)NC)C2)c1. The van der Waals surface area contributed by atoms with Gasteiger partial charge in [-0.25, -0.2) is 0 Å². The molecular formula is C20H25N3O3. The molecule has 0 fully saturated rings. The lowest BCUT2D eigenvalue weighted by Crippen LogP contribution is -2.35. The molecule has 1 aromatic carbocycles. The Morgan fingerprint density at radius 1 is 1.23 bits per heavy atom. The van der Waals surface area contributed by atoms with Crippen molar-refractivity contribution in [1.29, 1.82) is 0 Å². The number of carbonyl (C=O) groups is 2. The van der Waals surface area contributed by atoms with E-state index in [1.165, 1.54) is 0 Å². The van der Waals surface area contributed by atoms with Crippen LogP contribution >= 0.6 is 0 Å². The van der Waals surface area contributed by atoms with E-state index in [1.54, 1.807) is 13.1 Å². The van der Waals surface area contributed by atoms with E-state index in [9.17, 15) is 9.59 Å². The first-order valence-corrected chi connectivity index (χ1v) is 8.97. The monoisotopic (exact) mass is 355 g/mol.